The SMILES string of the molecule is CN(Cc1ccc(Cl)s1)C(=O)C=Cc1cccs1. The van der Waals surface area contributed by atoms with Crippen LogP contribution in [0.15, 0.2) is 35.7 Å². The summed E-state index contributed by atoms with van der Waals surface area (Å²) >= 11 is 8.96. The van der Waals surface area contributed by atoms with Gasteiger partial charge in [0.05, 0.1) is 10.9 Å². The van der Waals surface area contributed by atoms with E-state index in [4.69, 9.17) is 11.6 Å². The first-order chi connectivity index (χ1) is 8.65. The zero-order valence-electron chi connectivity index (χ0n) is 9.80. The van der Waals surface area contributed by atoms with Gasteiger partial charge < -0.3 is 4.90 Å². The Labute approximate surface area is 119 Å². The molecule has 0 fully saturated rings. The van der Waals surface area contributed by atoms with Crippen molar-refractivity contribution < 1.29 is 4.79 Å². The highest BCUT2D eigenvalue weighted by Gasteiger charge is 2.07. The Balaban J connectivity index is 1.92. The maximum absolute atomic E-state index is 11.9. The van der Waals surface area contributed by atoms with Crippen molar-refractivity contribution in [3.63, 3.8) is 0 Å². The summed E-state index contributed by atoms with van der Waals surface area (Å²) < 4.78 is 0.750. The largest absolute Gasteiger partial charge is 0.337 e. The van der Waals surface area contributed by atoms with E-state index in [2.05, 4.69) is 0 Å². The highest BCUT2D eigenvalue weighted by atomic mass is 35.5. The molecular weight excluding hydrogens is 286 g/mol. The molecule has 1 amide bonds. The number of halogens is 1. The van der Waals surface area contributed by atoms with E-state index in [-0.39, 0.29) is 5.91 Å². The van der Waals surface area contributed by atoms with Gasteiger partial charge in [-0.25, -0.2) is 0 Å². The number of hydrogen-bond donors (Lipinski definition) is 0. The molecule has 0 bridgehead atoms. The Hall–Kier alpha value is -1.10. The molecule has 0 aliphatic heterocycles. The Morgan fingerprint density at radius 3 is 2.89 bits per heavy atom. The molecule has 0 atom stereocenters. The van der Waals surface area contributed by atoms with Crippen LogP contribution in [-0.2, 0) is 11.3 Å². The normalized spacial score (nSPS) is 11.0. The summed E-state index contributed by atoms with van der Waals surface area (Å²) in [5.74, 6) is -0.00655. The number of carbonyl (C=O) groups excluding carboxylic acids is 1. The first-order valence-electron chi connectivity index (χ1n) is 5.36. The van der Waals surface area contributed by atoms with Gasteiger partial charge in [0.2, 0.25) is 5.91 Å². The highest BCUT2D eigenvalue weighted by molar-refractivity contribution is 7.16. The lowest BCUT2D eigenvalue weighted by Gasteiger charge is -2.13. The number of nitrogens with zero attached hydrogens (tertiary/aromatic N) is 1. The molecule has 0 spiro atoms. The maximum atomic E-state index is 11.9. The summed E-state index contributed by atoms with van der Waals surface area (Å²) in [5, 5.41) is 1.99. The summed E-state index contributed by atoms with van der Waals surface area (Å²) in [6.45, 7) is 0.588. The first-order valence-corrected chi connectivity index (χ1v) is 7.43. The molecule has 5 heteroatoms. The molecule has 0 saturated heterocycles. The third-order valence-corrected chi connectivity index (χ3v) is 4.38. The summed E-state index contributed by atoms with van der Waals surface area (Å²) in [7, 11) is 1.79. The van der Waals surface area contributed by atoms with E-state index in [0.29, 0.717) is 6.54 Å². The van der Waals surface area contributed by atoms with Crippen molar-refractivity contribution in [3.05, 3.63) is 49.8 Å². The molecule has 2 rings (SSSR count). The minimum absolute atomic E-state index is 0.00655. The molecule has 2 aromatic heterocycles. The molecule has 2 aromatic rings. The van der Waals surface area contributed by atoms with Crippen molar-refractivity contribution in [3.8, 4) is 0 Å². The number of likely N-dealkylation sites (N-methyl/N-ethyl adjacent to an activating group) is 1. The smallest absolute Gasteiger partial charge is 0.246 e. The molecule has 0 aromatic carbocycles. The van der Waals surface area contributed by atoms with Crippen LogP contribution in [0.4, 0.5) is 0 Å². The zero-order chi connectivity index (χ0) is 13.0. The molecule has 0 N–H and O–H groups in total. The second-order valence-electron chi connectivity index (χ2n) is 3.75. The Bertz CT molecular complexity index is 545. The second kappa shape index (κ2) is 6.18. The lowest BCUT2D eigenvalue weighted by molar-refractivity contribution is -0.125. The van der Waals surface area contributed by atoms with Crippen LogP contribution in [0, 0.1) is 0 Å². The highest BCUT2D eigenvalue weighted by Crippen LogP contribution is 2.22. The van der Waals surface area contributed by atoms with Crippen LogP contribution in [0.3, 0.4) is 0 Å². The van der Waals surface area contributed by atoms with Crippen LogP contribution in [0.5, 0.6) is 0 Å². The van der Waals surface area contributed by atoms with Crippen LogP contribution in [0.2, 0.25) is 4.34 Å². The minimum atomic E-state index is -0.00655. The van der Waals surface area contributed by atoms with Gasteiger partial charge in [-0.2, -0.15) is 0 Å². The predicted octanol–water partition coefficient (Wildman–Crippen LogP) is 4.13. The number of thiophene rings is 2. The topological polar surface area (TPSA) is 20.3 Å². The van der Waals surface area contributed by atoms with Gasteiger partial charge in [0.1, 0.15) is 0 Å². The van der Waals surface area contributed by atoms with Gasteiger partial charge in [0.25, 0.3) is 0 Å². The van der Waals surface area contributed by atoms with E-state index >= 15 is 0 Å². The van der Waals surface area contributed by atoms with E-state index in [0.717, 1.165) is 14.1 Å². The average molecular weight is 298 g/mol. The van der Waals surface area contributed by atoms with Crippen LogP contribution in [0.25, 0.3) is 6.08 Å². The van der Waals surface area contributed by atoms with Gasteiger partial charge in [0.15, 0.2) is 0 Å². The van der Waals surface area contributed by atoms with Crippen molar-refractivity contribution in [2.45, 2.75) is 6.54 Å². The standard InChI is InChI=1S/C13H12ClNOS2/c1-15(9-11-4-6-12(14)18-11)13(16)7-5-10-3-2-8-17-10/h2-8H,9H2,1H3. The molecule has 2 heterocycles. The van der Waals surface area contributed by atoms with Crippen molar-refractivity contribution in [2.75, 3.05) is 7.05 Å². The number of rotatable bonds is 4. The second-order valence-corrected chi connectivity index (χ2v) is 6.53. The fourth-order valence-electron chi connectivity index (χ4n) is 1.42. The van der Waals surface area contributed by atoms with Gasteiger partial charge in [-0.1, -0.05) is 17.7 Å². The molecule has 0 aliphatic carbocycles. The van der Waals surface area contributed by atoms with Gasteiger partial charge in [0, 0.05) is 22.9 Å². The van der Waals surface area contributed by atoms with Crippen LogP contribution in [0.1, 0.15) is 9.75 Å². The van der Waals surface area contributed by atoms with E-state index in [1.54, 1.807) is 29.4 Å². The summed E-state index contributed by atoms with van der Waals surface area (Å²) in [5.41, 5.74) is 0. The van der Waals surface area contributed by atoms with Gasteiger partial charge in [-0.15, -0.1) is 22.7 Å². The lowest BCUT2D eigenvalue weighted by atomic mass is 10.3. The quantitative estimate of drug-likeness (QED) is 0.777. The Morgan fingerprint density at radius 1 is 1.44 bits per heavy atom. The molecule has 0 saturated carbocycles. The summed E-state index contributed by atoms with van der Waals surface area (Å²) in [6.07, 6.45) is 3.44. The third kappa shape index (κ3) is 3.70. The van der Waals surface area contributed by atoms with Gasteiger partial charge >= 0.3 is 0 Å². The molecule has 18 heavy (non-hydrogen) atoms. The van der Waals surface area contributed by atoms with Crippen molar-refractivity contribution in [1.82, 2.24) is 4.90 Å². The summed E-state index contributed by atoms with van der Waals surface area (Å²) in [6, 6.07) is 7.74. The van der Waals surface area contributed by atoms with Crippen molar-refractivity contribution in [2.24, 2.45) is 0 Å². The lowest BCUT2D eigenvalue weighted by Crippen LogP contribution is -2.23. The fourth-order valence-corrected chi connectivity index (χ4v) is 3.17. The molecule has 0 unspecified atom stereocenters. The first kappa shape index (κ1) is 13.3. The minimum Gasteiger partial charge on any atom is -0.337 e. The predicted molar refractivity (Wildman–Crippen MR) is 79.2 cm³/mol. The number of hydrogen-bond acceptors (Lipinski definition) is 3. The van der Waals surface area contributed by atoms with Gasteiger partial charge in [-0.05, 0) is 29.7 Å². The summed E-state index contributed by atoms with van der Waals surface area (Å²) in [4.78, 5) is 15.7. The van der Waals surface area contributed by atoms with Crippen molar-refractivity contribution in [1.29, 1.82) is 0 Å². The monoisotopic (exact) mass is 297 g/mol. The Morgan fingerprint density at radius 2 is 2.28 bits per heavy atom. The van der Waals surface area contributed by atoms with Crippen molar-refractivity contribution >= 4 is 46.3 Å². The van der Waals surface area contributed by atoms with E-state index in [1.807, 2.05) is 35.7 Å². The van der Waals surface area contributed by atoms with Crippen LogP contribution >= 0.6 is 34.3 Å². The average Bonchev–Trinajstić information content (AvgIpc) is 2.97. The van der Waals surface area contributed by atoms with E-state index in [9.17, 15) is 4.79 Å². The van der Waals surface area contributed by atoms with Gasteiger partial charge in [-0.3, -0.25) is 4.79 Å². The molecular formula is C13H12ClNOS2. The molecule has 94 valence electrons. The molecule has 0 radical (unpaired) electrons. The van der Waals surface area contributed by atoms with Crippen LogP contribution < -0.4 is 0 Å². The Kier molecular flexibility index (Phi) is 4.58. The fraction of sp³-hybridized carbons (Fsp3) is 0.154. The third-order valence-electron chi connectivity index (χ3n) is 2.33. The number of amides is 1. The number of carbonyl (C=O) groups is 1. The van der Waals surface area contributed by atoms with Crippen LogP contribution in [-0.4, -0.2) is 17.9 Å². The zero-order valence-corrected chi connectivity index (χ0v) is 12.2. The molecule has 2 nitrogen and oxygen atoms in total. The molecule has 0 aliphatic rings. The van der Waals surface area contributed by atoms with E-state index in [1.165, 1.54) is 11.3 Å². The maximum Gasteiger partial charge on any atom is 0.246 e. The van der Waals surface area contributed by atoms with E-state index < -0.39 is 0 Å².